The summed E-state index contributed by atoms with van der Waals surface area (Å²) in [5, 5.41) is 12.0. The number of hydrogen-bond acceptors (Lipinski definition) is 7. The molecular formula is C16H25N5O4. The third-order valence-electron chi connectivity index (χ3n) is 4.14. The summed E-state index contributed by atoms with van der Waals surface area (Å²) < 4.78 is 0. The number of carbonyl (C=O) groups is 1. The van der Waals surface area contributed by atoms with E-state index in [0.29, 0.717) is 18.5 Å². The number of aromatic nitrogens is 1. The van der Waals surface area contributed by atoms with Crippen LogP contribution in [0.4, 0.5) is 5.82 Å². The van der Waals surface area contributed by atoms with Crippen LogP contribution in [0.5, 0.6) is 0 Å². The number of nitrogens with one attached hydrogen (secondary N) is 1. The van der Waals surface area contributed by atoms with E-state index in [9.17, 15) is 14.9 Å². The van der Waals surface area contributed by atoms with Crippen molar-refractivity contribution < 1.29 is 14.7 Å². The molecule has 2 rings (SSSR count). The maximum absolute atomic E-state index is 12.1. The van der Waals surface area contributed by atoms with Gasteiger partial charge in [0.05, 0.1) is 12.2 Å². The van der Waals surface area contributed by atoms with Crippen LogP contribution >= 0.6 is 0 Å². The predicted octanol–water partition coefficient (Wildman–Crippen LogP) is 0.942. The first-order valence-electron chi connectivity index (χ1n) is 8.51. The van der Waals surface area contributed by atoms with E-state index in [4.69, 9.17) is 0 Å². The van der Waals surface area contributed by atoms with Crippen molar-refractivity contribution in [2.45, 2.75) is 19.3 Å². The smallest absolute Gasteiger partial charge is 0.294 e. The largest absolute Gasteiger partial charge is 0.354 e. The van der Waals surface area contributed by atoms with Crippen molar-refractivity contribution >= 4 is 11.7 Å². The number of hydrogen-bond donors (Lipinski definition) is 1. The van der Waals surface area contributed by atoms with Crippen LogP contribution in [0.2, 0.25) is 0 Å². The Morgan fingerprint density at radius 1 is 1.28 bits per heavy atom. The lowest BCUT2D eigenvalue weighted by atomic mass is 10.2. The number of piperazine rings is 1. The summed E-state index contributed by atoms with van der Waals surface area (Å²) in [6.07, 6.45) is 3.71. The summed E-state index contributed by atoms with van der Waals surface area (Å²) in [5.41, 5.74) is 0.537. The molecule has 0 unspecified atom stereocenters. The fourth-order valence-electron chi connectivity index (χ4n) is 2.59. The molecule has 1 aromatic rings. The van der Waals surface area contributed by atoms with Gasteiger partial charge in [0.15, 0.2) is 0 Å². The van der Waals surface area contributed by atoms with Crippen molar-refractivity contribution in [2.75, 3.05) is 51.3 Å². The summed E-state index contributed by atoms with van der Waals surface area (Å²) in [7, 11) is 2.10. The van der Waals surface area contributed by atoms with Crippen LogP contribution in [0.1, 0.15) is 29.6 Å². The van der Waals surface area contributed by atoms with Crippen molar-refractivity contribution in [3.8, 4) is 0 Å². The monoisotopic (exact) mass is 351 g/mol. The van der Waals surface area contributed by atoms with E-state index >= 15 is 0 Å². The first-order chi connectivity index (χ1) is 12.1. The van der Waals surface area contributed by atoms with Crippen LogP contribution in [0.25, 0.3) is 0 Å². The van der Waals surface area contributed by atoms with Crippen LogP contribution in [0.3, 0.4) is 0 Å². The summed E-state index contributed by atoms with van der Waals surface area (Å²) in [4.78, 5) is 35.2. The molecular weight excluding hydrogens is 326 g/mol. The molecule has 0 saturated carbocycles. The van der Waals surface area contributed by atoms with Gasteiger partial charge in [0.2, 0.25) is 0 Å². The predicted molar refractivity (Wildman–Crippen MR) is 93.1 cm³/mol. The Balaban J connectivity index is 1.67. The lowest BCUT2D eigenvalue weighted by Gasteiger charge is -2.33. The molecule has 1 aliphatic heterocycles. The summed E-state index contributed by atoms with van der Waals surface area (Å²) in [6, 6.07) is 3.68. The minimum Gasteiger partial charge on any atom is -0.354 e. The molecule has 1 N–H and O–H groups in total. The van der Waals surface area contributed by atoms with Gasteiger partial charge in [-0.05, 0) is 38.4 Å². The number of amides is 1. The Bertz CT molecular complexity index is 558. The van der Waals surface area contributed by atoms with Crippen molar-refractivity contribution in [2.24, 2.45) is 0 Å². The number of likely N-dealkylation sites (N-methyl/N-ethyl adjacent to an activating group) is 1. The maximum Gasteiger partial charge on any atom is 0.294 e. The molecule has 1 aliphatic rings. The first-order valence-corrected chi connectivity index (χ1v) is 8.51. The van der Waals surface area contributed by atoms with E-state index in [0.717, 1.165) is 44.8 Å². The Hall–Kier alpha value is -2.42. The molecule has 0 spiro atoms. The van der Waals surface area contributed by atoms with Gasteiger partial charge in [0.1, 0.15) is 5.82 Å². The Morgan fingerprint density at radius 3 is 2.68 bits per heavy atom. The van der Waals surface area contributed by atoms with Crippen LogP contribution in [0.15, 0.2) is 18.3 Å². The lowest BCUT2D eigenvalue weighted by molar-refractivity contribution is -0.757. The summed E-state index contributed by atoms with van der Waals surface area (Å²) in [6.45, 7) is 4.52. The zero-order chi connectivity index (χ0) is 18.1. The Kier molecular flexibility index (Phi) is 7.39. The van der Waals surface area contributed by atoms with Gasteiger partial charge in [-0.3, -0.25) is 4.79 Å². The molecule has 138 valence electrons. The van der Waals surface area contributed by atoms with Gasteiger partial charge in [-0.2, -0.15) is 0 Å². The highest BCUT2D eigenvalue weighted by molar-refractivity contribution is 5.94. The summed E-state index contributed by atoms with van der Waals surface area (Å²) in [5.74, 6) is 0.745. The molecule has 0 bridgehead atoms. The normalized spacial score (nSPS) is 15.0. The maximum atomic E-state index is 12.1. The number of carbonyl (C=O) groups excluding carboxylic acids is 1. The second-order valence-corrected chi connectivity index (χ2v) is 6.07. The highest BCUT2D eigenvalue weighted by Crippen LogP contribution is 2.13. The number of rotatable bonds is 9. The fourth-order valence-corrected chi connectivity index (χ4v) is 2.59. The molecule has 1 amide bonds. The van der Waals surface area contributed by atoms with E-state index in [-0.39, 0.29) is 12.5 Å². The Labute approximate surface area is 147 Å². The molecule has 0 aromatic carbocycles. The highest BCUT2D eigenvalue weighted by Gasteiger charge is 2.15. The molecule has 1 aromatic heterocycles. The fraction of sp³-hybridized carbons (Fsp3) is 0.625. The SMILES string of the molecule is CN1CCN(c2ccc(C(=O)NCCCCCO[N+](=O)[O-])cn2)CC1. The average molecular weight is 351 g/mol. The second kappa shape index (κ2) is 9.77. The van der Waals surface area contributed by atoms with E-state index in [2.05, 4.69) is 32.0 Å². The number of anilines is 1. The molecule has 0 aliphatic carbocycles. The quantitative estimate of drug-likeness (QED) is 0.401. The average Bonchev–Trinajstić information content (AvgIpc) is 2.61. The third-order valence-corrected chi connectivity index (χ3v) is 4.14. The van der Waals surface area contributed by atoms with Crippen LogP contribution in [-0.4, -0.2) is 67.3 Å². The van der Waals surface area contributed by atoms with Crippen LogP contribution in [-0.2, 0) is 4.84 Å². The van der Waals surface area contributed by atoms with Crippen molar-refractivity contribution in [3.05, 3.63) is 34.0 Å². The van der Waals surface area contributed by atoms with Gasteiger partial charge >= 0.3 is 0 Å². The standard InChI is InChI=1S/C16H25N5O4/c1-19-8-10-20(11-9-19)15-6-5-14(13-18-15)16(22)17-7-3-2-4-12-25-21(23)24/h5-6,13H,2-4,7-12H2,1H3,(H,17,22). The Morgan fingerprint density at radius 2 is 2.04 bits per heavy atom. The lowest BCUT2D eigenvalue weighted by Crippen LogP contribution is -2.44. The van der Waals surface area contributed by atoms with Gasteiger partial charge in [0, 0.05) is 38.9 Å². The molecule has 9 nitrogen and oxygen atoms in total. The van der Waals surface area contributed by atoms with Gasteiger partial charge in [-0.1, -0.05) is 0 Å². The second-order valence-electron chi connectivity index (χ2n) is 6.07. The molecule has 25 heavy (non-hydrogen) atoms. The van der Waals surface area contributed by atoms with E-state index in [1.807, 2.05) is 6.07 Å². The number of pyridine rings is 1. The molecule has 1 fully saturated rings. The van der Waals surface area contributed by atoms with E-state index < -0.39 is 5.09 Å². The summed E-state index contributed by atoms with van der Waals surface area (Å²) >= 11 is 0. The van der Waals surface area contributed by atoms with E-state index in [1.165, 1.54) is 0 Å². The van der Waals surface area contributed by atoms with Crippen molar-refractivity contribution in [1.29, 1.82) is 0 Å². The van der Waals surface area contributed by atoms with Gasteiger partial charge in [-0.15, -0.1) is 10.1 Å². The van der Waals surface area contributed by atoms with E-state index in [1.54, 1.807) is 12.3 Å². The van der Waals surface area contributed by atoms with Crippen LogP contribution in [0, 0.1) is 10.1 Å². The molecule has 0 radical (unpaired) electrons. The van der Waals surface area contributed by atoms with Gasteiger partial charge in [0.25, 0.3) is 11.0 Å². The van der Waals surface area contributed by atoms with Crippen molar-refractivity contribution in [3.63, 3.8) is 0 Å². The van der Waals surface area contributed by atoms with Crippen molar-refractivity contribution in [1.82, 2.24) is 15.2 Å². The molecule has 1 saturated heterocycles. The molecule has 0 atom stereocenters. The molecule has 2 heterocycles. The third kappa shape index (κ3) is 6.54. The minimum absolute atomic E-state index is 0.0959. The van der Waals surface area contributed by atoms with Crippen LogP contribution < -0.4 is 10.2 Å². The molecule has 9 heteroatoms. The zero-order valence-corrected chi connectivity index (χ0v) is 14.5. The van der Waals surface area contributed by atoms with Gasteiger partial charge in [-0.25, -0.2) is 4.98 Å². The topological polar surface area (TPSA) is 101 Å². The zero-order valence-electron chi connectivity index (χ0n) is 14.5. The van der Waals surface area contributed by atoms with Gasteiger partial charge < -0.3 is 20.0 Å². The minimum atomic E-state index is -0.791. The first kappa shape index (κ1) is 18.9. The number of unbranched alkanes of at least 4 members (excludes halogenated alkanes) is 2. The number of nitrogens with zero attached hydrogens (tertiary/aromatic N) is 4. The highest BCUT2D eigenvalue weighted by atomic mass is 16.9.